The van der Waals surface area contributed by atoms with Crippen molar-refractivity contribution in [2.75, 3.05) is 23.8 Å². The molecule has 0 saturated heterocycles. The fourth-order valence-corrected chi connectivity index (χ4v) is 3.49. The number of carbonyl (C=O) groups excluding carboxylic acids is 2. The molecule has 7 nitrogen and oxygen atoms in total. The van der Waals surface area contributed by atoms with Gasteiger partial charge in [0.05, 0.1) is 6.61 Å². The van der Waals surface area contributed by atoms with Crippen LogP contribution >= 0.6 is 11.6 Å². The Morgan fingerprint density at radius 1 is 1.00 bits per heavy atom. The molecule has 8 heteroatoms. The highest BCUT2D eigenvalue weighted by atomic mass is 35.5. The van der Waals surface area contributed by atoms with Gasteiger partial charge in [-0.1, -0.05) is 35.9 Å². The molecule has 36 heavy (non-hydrogen) atoms. The first-order valence-electron chi connectivity index (χ1n) is 11.2. The van der Waals surface area contributed by atoms with E-state index < -0.39 is 5.91 Å². The van der Waals surface area contributed by atoms with E-state index in [1.165, 1.54) is 6.08 Å². The first-order valence-corrected chi connectivity index (χ1v) is 11.6. The first kappa shape index (κ1) is 26.3. The van der Waals surface area contributed by atoms with Crippen molar-refractivity contribution in [1.82, 2.24) is 0 Å². The summed E-state index contributed by atoms with van der Waals surface area (Å²) in [6, 6.07) is 19.2. The zero-order valence-electron chi connectivity index (χ0n) is 20.2. The van der Waals surface area contributed by atoms with E-state index in [0.29, 0.717) is 34.4 Å². The van der Waals surface area contributed by atoms with E-state index in [4.69, 9.17) is 21.1 Å². The molecule has 3 rings (SSSR count). The zero-order valence-corrected chi connectivity index (χ0v) is 21.0. The van der Waals surface area contributed by atoms with Crippen molar-refractivity contribution >= 4 is 40.9 Å². The van der Waals surface area contributed by atoms with Crippen LogP contribution in [0, 0.1) is 25.2 Å². The molecule has 0 radical (unpaired) electrons. The number of hydrogen-bond acceptors (Lipinski definition) is 5. The molecule has 0 fully saturated rings. The van der Waals surface area contributed by atoms with E-state index in [2.05, 4.69) is 10.6 Å². The average molecular weight is 504 g/mol. The molecular formula is C28H26ClN3O4. The fraction of sp³-hybridized carbons (Fsp3) is 0.179. The van der Waals surface area contributed by atoms with E-state index in [9.17, 15) is 14.9 Å². The van der Waals surface area contributed by atoms with Crippen molar-refractivity contribution in [2.45, 2.75) is 20.8 Å². The number of hydrogen-bond donors (Lipinski definition) is 2. The number of amides is 2. The predicted octanol–water partition coefficient (Wildman–Crippen LogP) is 5.92. The minimum absolute atomic E-state index is 0.0982. The highest BCUT2D eigenvalue weighted by Gasteiger charge is 2.13. The van der Waals surface area contributed by atoms with Crippen LogP contribution in [0.3, 0.4) is 0 Å². The molecule has 3 aromatic carbocycles. The molecule has 2 N–H and O–H groups in total. The van der Waals surface area contributed by atoms with Gasteiger partial charge < -0.3 is 20.1 Å². The zero-order chi connectivity index (χ0) is 26.1. The van der Waals surface area contributed by atoms with Crippen LogP contribution in [0.15, 0.2) is 66.2 Å². The summed E-state index contributed by atoms with van der Waals surface area (Å²) >= 11 is 5.95. The number of rotatable bonds is 9. The van der Waals surface area contributed by atoms with Gasteiger partial charge in [-0.2, -0.15) is 5.26 Å². The van der Waals surface area contributed by atoms with Gasteiger partial charge in [-0.25, -0.2) is 0 Å². The maximum Gasteiger partial charge on any atom is 0.266 e. The van der Waals surface area contributed by atoms with Crippen molar-refractivity contribution in [3.05, 3.63) is 87.9 Å². The molecule has 0 heterocycles. The number of nitrogens with zero attached hydrogens (tertiary/aromatic N) is 1. The summed E-state index contributed by atoms with van der Waals surface area (Å²) in [5, 5.41) is 15.5. The lowest BCUT2D eigenvalue weighted by Crippen LogP contribution is -2.21. The Bertz CT molecular complexity index is 1340. The van der Waals surface area contributed by atoms with Crippen LogP contribution in [-0.2, 0) is 9.59 Å². The molecule has 0 spiro atoms. The Morgan fingerprint density at radius 2 is 1.78 bits per heavy atom. The minimum atomic E-state index is -0.568. The Balaban J connectivity index is 1.72. The summed E-state index contributed by atoms with van der Waals surface area (Å²) in [6.07, 6.45) is 1.44. The second-order valence-electron chi connectivity index (χ2n) is 7.86. The third-order valence-electron chi connectivity index (χ3n) is 5.26. The number of aryl methyl sites for hydroxylation is 1. The van der Waals surface area contributed by atoms with Gasteiger partial charge in [-0.3, -0.25) is 9.59 Å². The standard InChI is InChI=1S/C28H26ClN3O4/c1-4-35-26-14-20(13-21(16-30)28(34)31-23-9-6-8-22(29)15-23)11-12-25(26)36-17-27(33)32-24-10-5-7-18(2)19(24)3/h5-15H,4,17H2,1-3H3,(H,31,34)(H,32,33)/b21-13-. The number of anilines is 2. The van der Waals surface area contributed by atoms with E-state index in [1.54, 1.807) is 42.5 Å². The topological polar surface area (TPSA) is 100 Å². The van der Waals surface area contributed by atoms with Gasteiger partial charge in [0.2, 0.25) is 0 Å². The summed E-state index contributed by atoms with van der Waals surface area (Å²) in [5.41, 5.74) is 3.74. The van der Waals surface area contributed by atoms with Crippen molar-refractivity contribution in [3.8, 4) is 17.6 Å². The molecular weight excluding hydrogens is 478 g/mol. The van der Waals surface area contributed by atoms with Crippen molar-refractivity contribution < 1.29 is 19.1 Å². The maximum absolute atomic E-state index is 12.6. The molecule has 0 aliphatic heterocycles. The fourth-order valence-electron chi connectivity index (χ4n) is 3.30. The number of carbonyl (C=O) groups is 2. The lowest BCUT2D eigenvalue weighted by molar-refractivity contribution is -0.118. The molecule has 0 atom stereocenters. The summed E-state index contributed by atoms with van der Waals surface area (Å²) < 4.78 is 11.4. The van der Waals surface area contributed by atoms with Crippen LogP contribution in [0.4, 0.5) is 11.4 Å². The van der Waals surface area contributed by atoms with E-state index >= 15 is 0 Å². The van der Waals surface area contributed by atoms with Crippen LogP contribution < -0.4 is 20.1 Å². The van der Waals surface area contributed by atoms with Gasteiger partial charge in [-0.05, 0) is 79.9 Å². The van der Waals surface area contributed by atoms with Crippen LogP contribution in [0.25, 0.3) is 6.08 Å². The smallest absolute Gasteiger partial charge is 0.266 e. The predicted molar refractivity (Wildman–Crippen MR) is 141 cm³/mol. The van der Waals surface area contributed by atoms with Gasteiger partial charge >= 0.3 is 0 Å². The third-order valence-corrected chi connectivity index (χ3v) is 5.50. The second kappa shape index (κ2) is 12.4. The summed E-state index contributed by atoms with van der Waals surface area (Å²) in [6.45, 7) is 5.88. The van der Waals surface area contributed by atoms with Crippen LogP contribution in [0.1, 0.15) is 23.6 Å². The van der Waals surface area contributed by atoms with Gasteiger partial charge in [-0.15, -0.1) is 0 Å². The van der Waals surface area contributed by atoms with E-state index in [-0.39, 0.29) is 18.1 Å². The number of ether oxygens (including phenoxy) is 2. The molecule has 0 aliphatic carbocycles. The normalized spacial score (nSPS) is 10.8. The van der Waals surface area contributed by atoms with Gasteiger partial charge in [0.25, 0.3) is 11.8 Å². The quantitative estimate of drug-likeness (QED) is 0.279. The molecule has 0 unspecified atom stereocenters. The number of halogens is 1. The second-order valence-corrected chi connectivity index (χ2v) is 8.29. The van der Waals surface area contributed by atoms with Crippen molar-refractivity contribution in [3.63, 3.8) is 0 Å². The van der Waals surface area contributed by atoms with Crippen molar-refractivity contribution in [2.24, 2.45) is 0 Å². The van der Waals surface area contributed by atoms with Crippen molar-refractivity contribution in [1.29, 1.82) is 5.26 Å². The molecule has 0 aliphatic rings. The summed E-state index contributed by atoms with van der Waals surface area (Å²) in [7, 11) is 0. The highest BCUT2D eigenvalue weighted by molar-refractivity contribution is 6.31. The average Bonchev–Trinajstić information content (AvgIpc) is 2.85. The first-order chi connectivity index (χ1) is 17.3. The van der Waals surface area contributed by atoms with Crippen LogP contribution in [-0.4, -0.2) is 25.0 Å². The van der Waals surface area contributed by atoms with Crippen LogP contribution in [0.5, 0.6) is 11.5 Å². The van der Waals surface area contributed by atoms with E-state index in [0.717, 1.165) is 16.8 Å². The van der Waals surface area contributed by atoms with Gasteiger partial charge in [0.1, 0.15) is 11.6 Å². The Morgan fingerprint density at radius 3 is 2.50 bits per heavy atom. The lowest BCUT2D eigenvalue weighted by Gasteiger charge is -2.14. The Hall–Kier alpha value is -4.28. The summed E-state index contributed by atoms with van der Waals surface area (Å²) in [4.78, 5) is 25.0. The van der Waals surface area contributed by atoms with Gasteiger partial charge in [0, 0.05) is 16.4 Å². The number of nitrogens with one attached hydrogen (secondary N) is 2. The monoisotopic (exact) mass is 503 g/mol. The summed E-state index contributed by atoms with van der Waals surface area (Å²) in [5.74, 6) is -0.119. The molecule has 184 valence electrons. The maximum atomic E-state index is 12.6. The SMILES string of the molecule is CCOc1cc(/C=C(/C#N)C(=O)Nc2cccc(Cl)c2)ccc1OCC(=O)Nc1cccc(C)c1C. The molecule has 3 aromatic rings. The third kappa shape index (κ3) is 7.11. The number of nitriles is 1. The molecule has 0 aromatic heterocycles. The van der Waals surface area contributed by atoms with E-state index in [1.807, 2.05) is 45.0 Å². The Labute approximate surface area is 215 Å². The Kier molecular flexibility index (Phi) is 9.09. The molecule has 2 amide bonds. The molecule has 0 bridgehead atoms. The number of benzene rings is 3. The van der Waals surface area contributed by atoms with Gasteiger partial charge in [0.15, 0.2) is 18.1 Å². The van der Waals surface area contributed by atoms with Crippen LogP contribution in [0.2, 0.25) is 5.02 Å². The lowest BCUT2D eigenvalue weighted by atomic mass is 10.1. The molecule has 0 saturated carbocycles. The largest absolute Gasteiger partial charge is 0.490 e. The minimum Gasteiger partial charge on any atom is -0.490 e. The highest BCUT2D eigenvalue weighted by Crippen LogP contribution is 2.30.